The Morgan fingerprint density at radius 2 is 1.93 bits per heavy atom. The number of hydrogen-bond acceptors (Lipinski definition) is 4. The van der Waals surface area contributed by atoms with E-state index < -0.39 is 0 Å². The normalized spacial score (nSPS) is 11.2. The van der Waals surface area contributed by atoms with E-state index >= 15 is 0 Å². The van der Waals surface area contributed by atoms with Crippen LogP contribution in [0.1, 0.15) is 40.8 Å². The first-order valence-electron chi connectivity index (χ1n) is 9.38. The number of halogens is 1. The summed E-state index contributed by atoms with van der Waals surface area (Å²) in [6.07, 6.45) is 4.79. The molecule has 29 heavy (non-hydrogen) atoms. The maximum Gasteiger partial charge on any atom is 0.338 e. The topological polar surface area (TPSA) is 64.4 Å². The lowest BCUT2D eigenvalue weighted by Crippen LogP contribution is -2.07. The molecule has 0 atom stereocenters. The molecule has 0 saturated heterocycles. The minimum Gasteiger partial charge on any atom is -0.465 e. The summed E-state index contributed by atoms with van der Waals surface area (Å²) in [5.74, 6) is 0.346. The molecule has 0 aliphatic carbocycles. The monoisotopic (exact) mass is 410 g/mol. The Labute approximate surface area is 175 Å². The van der Waals surface area contributed by atoms with Crippen LogP contribution in [-0.4, -0.2) is 27.7 Å². The number of carbonyl (C=O) groups excluding carboxylic acids is 1. The maximum absolute atomic E-state index is 12.0. The van der Waals surface area contributed by atoms with Gasteiger partial charge in [-0.2, -0.15) is 0 Å². The van der Waals surface area contributed by atoms with Crippen molar-refractivity contribution in [1.82, 2.24) is 9.55 Å². The van der Waals surface area contributed by atoms with Crippen molar-refractivity contribution >= 4 is 23.6 Å². The van der Waals surface area contributed by atoms with Gasteiger partial charge in [-0.1, -0.05) is 67.1 Å². The first-order valence-corrected chi connectivity index (χ1v) is 9.75. The van der Waals surface area contributed by atoms with Crippen LogP contribution in [0.25, 0.3) is 17.2 Å². The summed E-state index contributed by atoms with van der Waals surface area (Å²) in [6.45, 7) is 2.39. The van der Waals surface area contributed by atoms with E-state index in [9.17, 15) is 9.90 Å². The fourth-order valence-corrected chi connectivity index (χ4v) is 3.40. The molecule has 0 unspecified atom stereocenters. The fourth-order valence-electron chi connectivity index (χ4n) is 3.15. The minimum absolute atomic E-state index is 0.184. The average Bonchev–Trinajstić information content (AvgIpc) is 3.06. The largest absolute Gasteiger partial charge is 0.465 e. The lowest BCUT2D eigenvalue weighted by Gasteiger charge is -2.11. The molecule has 5 nitrogen and oxygen atoms in total. The van der Waals surface area contributed by atoms with Crippen molar-refractivity contribution in [3.05, 3.63) is 82.4 Å². The van der Waals surface area contributed by atoms with Crippen molar-refractivity contribution in [3.8, 4) is 11.1 Å². The number of hydrogen-bond donors (Lipinski definition) is 1. The second-order valence-electron chi connectivity index (χ2n) is 6.50. The lowest BCUT2D eigenvalue weighted by atomic mass is 9.98. The van der Waals surface area contributed by atoms with E-state index in [1.165, 1.54) is 7.11 Å². The first-order chi connectivity index (χ1) is 14.1. The van der Waals surface area contributed by atoms with Crippen LogP contribution in [0.3, 0.4) is 0 Å². The van der Waals surface area contributed by atoms with E-state index in [1.807, 2.05) is 66.1 Å². The van der Waals surface area contributed by atoms with Gasteiger partial charge in [0.25, 0.3) is 0 Å². The van der Waals surface area contributed by atoms with E-state index in [1.54, 1.807) is 6.07 Å². The number of rotatable bonds is 7. The van der Waals surface area contributed by atoms with Crippen LogP contribution in [0.4, 0.5) is 0 Å². The van der Waals surface area contributed by atoms with Gasteiger partial charge in [0.1, 0.15) is 5.82 Å². The molecule has 0 spiro atoms. The van der Waals surface area contributed by atoms with Crippen molar-refractivity contribution < 1.29 is 14.6 Å². The highest BCUT2D eigenvalue weighted by Crippen LogP contribution is 2.26. The molecule has 0 saturated carbocycles. The zero-order valence-corrected chi connectivity index (χ0v) is 17.2. The molecule has 3 aromatic rings. The number of methoxy groups -OCH3 is 1. The van der Waals surface area contributed by atoms with Gasteiger partial charge >= 0.3 is 5.97 Å². The van der Waals surface area contributed by atoms with Crippen LogP contribution in [0.2, 0.25) is 5.15 Å². The highest BCUT2D eigenvalue weighted by atomic mass is 35.5. The number of imidazole rings is 1. The Bertz CT molecular complexity index is 1020. The number of aliphatic hydroxyl groups excluding tert-OH is 1. The Hall–Kier alpha value is -2.89. The number of carbonyl (C=O) groups is 1. The van der Waals surface area contributed by atoms with E-state index in [0.29, 0.717) is 28.8 Å². The summed E-state index contributed by atoms with van der Waals surface area (Å²) in [6, 6.07) is 15.3. The average molecular weight is 411 g/mol. The third kappa shape index (κ3) is 4.58. The lowest BCUT2D eigenvalue weighted by molar-refractivity contribution is 0.0601. The molecule has 1 N–H and O–H groups in total. The molecule has 0 bridgehead atoms. The predicted molar refractivity (Wildman–Crippen MR) is 115 cm³/mol. The van der Waals surface area contributed by atoms with Crippen LogP contribution < -0.4 is 0 Å². The first kappa shape index (κ1) is 20.8. The van der Waals surface area contributed by atoms with Crippen molar-refractivity contribution in [1.29, 1.82) is 0 Å². The van der Waals surface area contributed by atoms with Crippen LogP contribution in [0.5, 0.6) is 0 Å². The van der Waals surface area contributed by atoms with Gasteiger partial charge < -0.3 is 14.4 Å². The van der Waals surface area contributed by atoms with Crippen LogP contribution >= 0.6 is 11.6 Å². The number of aliphatic hydroxyl groups is 1. The van der Waals surface area contributed by atoms with Gasteiger partial charge in [0, 0.05) is 6.54 Å². The summed E-state index contributed by atoms with van der Waals surface area (Å²) < 4.78 is 6.79. The standard InChI is InChI=1S/C23H23ClN2O3/c1-3-4-9-21-25-22(24)20(15-27)26(21)14-16-10-12-17(13-11-16)18-7-5-6-8-19(18)23(28)29-2/h4-13,27H,3,14-15H2,1-2H3. The molecule has 150 valence electrons. The Kier molecular flexibility index (Phi) is 6.86. The smallest absolute Gasteiger partial charge is 0.338 e. The number of ether oxygens (including phenoxy) is 1. The number of benzene rings is 2. The molecule has 0 radical (unpaired) electrons. The van der Waals surface area contributed by atoms with E-state index in [0.717, 1.165) is 23.1 Å². The van der Waals surface area contributed by atoms with Gasteiger partial charge in [0.05, 0.1) is 25.0 Å². The van der Waals surface area contributed by atoms with Gasteiger partial charge in [-0.3, -0.25) is 0 Å². The molecule has 1 aromatic heterocycles. The third-order valence-corrected chi connectivity index (χ3v) is 4.95. The molecule has 0 fully saturated rings. The molecule has 0 amide bonds. The Morgan fingerprint density at radius 1 is 1.21 bits per heavy atom. The molecule has 6 heteroatoms. The van der Waals surface area contributed by atoms with Gasteiger partial charge in [0.2, 0.25) is 0 Å². The summed E-state index contributed by atoms with van der Waals surface area (Å²) in [5, 5.41) is 10.0. The van der Waals surface area contributed by atoms with Crippen molar-refractivity contribution in [3.63, 3.8) is 0 Å². The zero-order valence-electron chi connectivity index (χ0n) is 16.4. The SMILES string of the molecule is CCC=Cc1nc(Cl)c(CO)n1Cc1ccc(-c2ccccc2C(=O)OC)cc1. The van der Waals surface area contributed by atoms with Crippen molar-refractivity contribution in [2.24, 2.45) is 0 Å². The Morgan fingerprint density at radius 3 is 2.59 bits per heavy atom. The molecule has 0 aliphatic rings. The van der Waals surface area contributed by atoms with Gasteiger partial charge in [-0.05, 0) is 35.3 Å². The minimum atomic E-state index is -0.363. The summed E-state index contributed by atoms with van der Waals surface area (Å²) in [5.41, 5.74) is 3.88. The molecule has 1 heterocycles. The van der Waals surface area contributed by atoms with Crippen molar-refractivity contribution in [2.75, 3.05) is 7.11 Å². The number of aromatic nitrogens is 2. The third-order valence-electron chi connectivity index (χ3n) is 4.64. The molecular weight excluding hydrogens is 388 g/mol. The number of esters is 1. The summed E-state index contributed by atoms with van der Waals surface area (Å²) in [4.78, 5) is 16.4. The quantitative estimate of drug-likeness (QED) is 0.559. The van der Waals surface area contributed by atoms with E-state index in [2.05, 4.69) is 4.98 Å². The highest BCUT2D eigenvalue weighted by molar-refractivity contribution is 6.30. The van der Waals surface area contributed by atoms with E-state index in [-0.39, 0.29) is 12.6 Å². The van der Waals surface area contributed by atoms with Crippen LogP contribution in [-0.2, 0) is 17.9 Å². The van der Waals surface area contributed by atoms with Gasteiger partial charge in [-0.15, -0.1) is 0 Å². The van der Waals surface area contributed by atoms with E-state index in [4.69, 9.17) is 16.3 Å². The number of nitrogens with zero attached hydrogens (tertiary/aromatic N) is 2. The highest BCUT2D eigenvalue weighted by Gasteiger charge is 2.15. The van der Waals surface area contributed by atoms with Gasteiger partial charge in [-0.25, -0.2) is 9.78 Å². The number of allylic oxidation sites excluding steroid dienone is 1. The fraction of sp³-hybridized carbons (Fsp3) is 0.217. The zero-order chi connectivity index (χ0) is 20.8. The predicted octanol–water partition coefficient (Wildman–Crippen LogP) is 4.95. The second-order valence-corrected chi connectivity index (χ2v) is 6.85. The second kappa shape index (κ2) is 9.54. The summed E-state index contributed by atoms with van der Waals surface area (Å²) in [7, 11) is 1.38. The Balaban J connectivity index is 1.92. The summed E-state index contributed by atoms with van der Waals surface area (Å²) >= 11 is 6.19. The van der Waals surface area contributed by atoms with Crippen molar-refractivity contribution in [2.45, 2.75) is 26.5 Å². The van der Waals surface area contributed by atoms with Gasteiger partial charge in [0.15, 0.2) is 5.15 Å². The molecule has 0 aliphatic heterocycles. The van der Waals surface area contributed by atoms with Crippen LogP contribution in [0, 0.1) is 0 Å². The molecule has 2 aromatic carbocycles. The van der Waals surface area contributed by atoms with Crippen LogP contribution in [0.15, 0.2) is 54.6 Å². The molecular formula is C23H23ClN2O3. The molecule has 3 rings (SSSR count). The maximum atomic E-state index is 12.0.